The van der Waals surface area contributed by atoms with Gasteiger partial charge in [0.25, 0.3) is 0 Å². The molecule has 10 heteroatoms. The molecule has 184 valence electrons. The van der Waals surface area contributed by atoms with E-state index < -0.39 is 24.0 Å². The molecule has 4 atom stereocenters. The van der Waals surface area contributed by atoms with E-state index in [0.717, 1.165) is 11.4 Å². The number of rotatable bonds is 10. The lowest BCUT2D eigenvalue weighted by Crippen LogP contribution is -2.52. The first-order valence-corrected chi connectivity index (χ1v) is 11.7. The molecule has 1 aliphatic rings. The van der Waals surface area contributed by atoms with E-state index in [4.69, 9.17) is 5.73 Å². The molecule has 0 fully saturated rings. The normalized spacial score (nSPS) is 17.8. The van der Waals surface area contributed by atoms with Crippen LogP contribution in [-0.2, 0) is 20.8 Å². The highest BCUT2D eigenvalue weighted by Crippen LogP contribution is 2.20. The number of nitrogens with zero attached hydrogens (tertiary/aromatic N) is 1. The van der Waals surface area contributed by atoms with E-state index in [1.54, 1.807) is 12.2 Å². The zero-order chi connectivity index (χ0) is 25.0. The van der Waals surface area contributed by atoms with Crippen LogP contribution in [0.25, 0.3) is 0 Å². The van der Waals surface area contributed by atoms with Gasteiger partial charge in [0, 0.05) is 30.8 Å². The number of amides is 2. The predicted molar refractivity (Wildman–Crippen MR) is 130 cm³/mol. The van der Waals surface area contributed by atoms with Gasteiger partial charge in [-0.05, 0) is 63.4 Å². The highest BCUT2D eigenvalue weighted by molar-refractivity contribution is 7.09. The molecule has 33 heavy (non-hydrogen) atoms. The van der Waals surface area contributed by atoms with Gasteiger partial charge in [-0.2, -0.15) is 0 Å². The van der Waals surface area contributed by atoms with Crippen LogP contribution in [-0.4, -0.2) is 71.7 Å². The average Bonchev–Trinajstić information content (AvgIpc) is 3.26. The number of thiophene rings is 1. The van der Waals surface area contributed by atoms with E-state index >= 15 is 0 Å². The fourth-order valence-corrected chi connectivity index (χ4v) is 3.67. The summed E-state index contributed by atoms with van der Waals surface area (Å²) in [6, 6.07) is 2.30. The van der Waals surface area contributed by atoms with Crippen LogP contribution < -0.4 is 16.4 Å². The zero-order valence-electron chi connectivity index (χ0n) is 19.7. The second-order valence-electron chi connectivity index (χ2n) is 8.20. The maximum atomic E-state index is 12.6. The lowest BCUT2D eigenvalue weighted by molar-refractivity contribution is -0.142. The molecule has 0 radical (unpaired) electrons. The number of nitrogens with one attached hydrogen (secondary N) is 2. The van der Waals surface area contributed by atoms with Gasteiger partial charge in [-0.3, -0.25) is 9.59 Å². The molecule has 0 aromatic carbocycles. The van der Waals surface area contributed by atoms with Gasteiger partial charge < -0.3 is 31.5 Å². The minimum absolute atomic E-state index is 0.0937. The molecule has 9 nitrogen and oxygen atoms in total. The molecular formula is C23H36N4O5S. The zero-order valence-corrected chi connectivity index (χ0v) is 20.5. The summed E-state index contributed by atoms with van der Waals surface area (Å²) >= 11 is 1.46. The van der Waals surface area contributed by atoms with Gasteiger partial charge >= 0.3 is 5.97 Å². The molecule has 0 bridgehead atoms. The third-order valence-corrected chi connectivity index (χ3v) is 6.12. The van der Waals surface area contributed by atoms with Crippen molar-refractivity contribution in [3.8, 4) is 0 Å². The van der Waals surface area contributed by atoms with Gasteiger partial charge in [0.15, 0.2) is 0 Å². The number of allylic oxidation sites excluding steroid dienone is 3. The fourth-order valence-electron chi connectivity index (χ4n) is 2.92. The van der Waals surface area contributed by atoms with Crippen LogP contribution in [0.4, 0.5) is 0 Å². The van der Waals surface area contributed by atoms with Crippen molar-refractivity contribution in [1.82, 2.24) is 15.5 Å². The number of carboxylic acid groups (broad SMARTS) is 1. The Kier molecular flexibility index (Phi) is 12.4. The lowest BCUT2D eigenvalue weighted by atomic mass is 9.92. The van der Waals surface area contributed by atoms with Crippen molar-refractivity contribution >= 4 is 29.1 Å². The Morgan fingerprint density at radius 1 is 1.27 bits per heavy atom. The van der Waals surface area contributed by atoms with Crippen LogP contribution in [0.3, 0.4) is 0 Å². The average molecular weight is 481 g/mol. The lowest BCUT2D eigenvalue weighted by Gasteiger charge is -2.23. The number of hydrogen-bond donors (Lipinski definition) is 5. The van der Waals surface area contributed by atoms with E-state index in [9.17, 15) is 24.6 Å². The molecule has 1 heterocycles. The summed E-state index contributed by atoms with van der Waals surface area (Å²) in [6.07, 6.45) is 5.87. The summed E-state index contributed by atoms with van der Waals surface area (Å²) in [6.45, 7) is 4.15. The topological polar surface area (TPSA) is 145 Å². The Morgan fingerprint density at radius 3 is 2.39 bits per heavy atom. The summed E-state index contributed by atoms with van der Waals surface area (Å²) < 4.78 is 0. The first-order valence-electron chi connectivity index (χ1n) is 10.8. The highest BCUT2D eigenvalue weighted by atomic mass is 32.1. The van der Waals surface area contributed by atoms with E-state index in [1.165, 1.54) is 24.3 Å². The Balaban J connectivity index is 0.000000675. The second kappa shape index (κ2) is 14.5. The summed E-state index contributed by atoms with van der Waals surface area (Å²) in [5.41, 5.74) is 5.33. The number of aliphatic hydroxyl groups excluding tert-OH is 1. The molecule has 0 spiro atoms. The molecule has 2 rings (SSSR count). The Hall–Kier alpha value is -2.69. The summed E-state index contributed by atoms with van der Waals surface area (Å²) in [5, 5.41) is 25.8. The molecule has 1 aromatic heterocycles. The molecule has 2 unspecified atom stereocenters. The van der Waals surface area contributed by atoms with E-state index in [1.807, 2.05) is 31.6 Å². The molecule has 1 aliphatic carbocycles. The quantitative estimate of drug-likeness (QED) is 0.342. The number of nitrogens with two attached hydrogens (primary N) is 1. The van der Waals surface area contributed by atoms with Gasteiger partial charge in [0.1, 0.15) is 17.8 Å². The van der Waals surface area contributed by atoms with E-state index in [2.05, 4.69) is 22.5 Å². The van der Waals surface area contributed by atoms with Crippen molar-refractivity contribution in [3.63, 3.8) is 0 Å². The minimum atomic E-state index is -1.14. The largest absolute Gasteiger partial charge is 0.508 e. The highest BCUT2D eigenvalue weighted by Gasteiger charge is 2.28. The SMILES string of the molecule is CC(=O)N[C@@H](Cc1cccs1)C(=O)N[C@@H](CC1C=CC(O)=CC1)C(=O)O.CC(CN)N(C)C. The van der Waals surface area contributed by atoms with Crippen LogP contribution in [0, 0.1) is 5.92 Å². The van der Waals surface area contributed by atoms with Gasteiger partial charge in [0.05, 0.1) is 0 Å². The fraction of sp³-hybridized carbons (Fsp3) is 0.522. The maximum Gasteiger partial charge on any atom is 0.326 e. The third-order valence-electron chi connectivity index (χ3n) is 5.22. The smallest absolute Gasteiger partial charge is 0.326 e. The van der Waals surface area contributed by atoms with E-state index in [0.29, 0.717) is 18.9 Å². The van der Waals surface area contributed by atoms with Gasteiger partial charge in [-0.25, -0.2) is 4.79 Å². The standard InChI is InChI=1S/C18H22N2O5S.C5H14N2/c1-11(21)19-15(10-14-3-2-8-26-14)17(23)20-16(18(24)25)9-12-4-6-13(22)7-5-12;1-5(4-6)7(2)3/h2-4,6-8,12,15-16,22H,5,9-10H2,1H3,(H,19,21)(H,20,23)(H,24,25);5H,4,6H2,1-3H3/t12?,15-,16-;/m0./s1. The molecule has 2 amide bonds. The molecule has 0 saturated heterocycles. The number of aliphatic carboxylic acids is 1. The molecule has 0 aliphatic heterocycles. The van der Waals surface area contributed by atoms with Crippen LogP contribution in [0.1, 0.15) is 31.6 Å². The maximum absolute atomic E-state index is 12.6. The number of carbonyl (C=O) groups excluding carboxylic acids is 2. The van der Waals surface area contributed by atoms with Gasteiger partial charge in [-0.15, -0.1) is 11.3 Å². The first-order chi connectivity index (χ1) is 15.5. The Morgan fingerprint density at radius 2 is 1.97 bits per heavy atom. The summed E-state index contributed by atoms with van der Waals surface area (Å²) in [7, 11) is 4.05. The monoisotopic (exact) mass is 480 g/mol. The van der Waals surface area contributed by atoms with Crippen molar-refractivity contribution < 1.29 is 24.6 Å². The number of carbonyl (C=O) groups is 3. The number of aliphatic hydroxyl groups is 1. The Bertz CT molecular complexity index is 823. The van der Waals surface area contributed by atoms with Crippen molar-refractivity contribution in [2.24, 2.45) is 11.7 Å². The minimum Gasteiger partial charge on any atom is -0.508 e. The molecule has 6 N–H and O–H groups in total. The number of hydrogen-bond acceptors (Lipinski definition) is 7. The first kappa shape index (κ1) is 28.3. The summed E-state index contributed by atoms with van der Waals surface area (Å²) in [4.78, 5) is 38.5. The molecule has 1 aromatic rings. The van der Waals surface area contributed by atoms with Crippen molar-refractivity contribution in [2.75, 3.05) is 20.6 Å². The molecule has 0 saturated carbocycles. The van der Waals surface area contributed by atoms with Crippen molar-refractivity contribution in [2.45, 2.75) is 51.2 Å². The van der Waals surface area contributed by atoms with Crippen LogP contribution in [0.15, 0.2) is 41.5 Å². The number of carboxylic acids is 1. The third kappa shape index (κ3) is 11.1. The molecular weight excluding hydrogens is 444 g/mol. The van der Waals surface area contributed by atoms with Crippen LogP contribution in [0.5, 0.6) is 0 Å². The van der Waals surface area contributed by atoms with Crippen molar-refractivity contribution in [1.29, 1.82) is 0 Å². The van der Waals surface area contributed by atoms with Crippen molar-refractivity contribution in [3.05, 3.63) is 46.4 Å². The van der Waals surface area contributed by atoms with Gasteiger partial charge in [0.2, 0.25) is 11.8 Å². The van der Waals surface area contributed by atoms with Crippen LogP contribution in [0.2, 0.25) is 0 Å². The Labute approximate surface area is 199 Å². The summed E-state index contributed by atoms with van der Waals surface area (Å²) in [5.74, 6) is -1.96. The van der Waals surface area contributed by atoms with Crippen LogP contribution >= 0.6 is 11.3 Å². The van der Waals surface area contributed by atoms with Gasteiger partial charge in [-0.1, -0.05) is 12.1 Å². The second-order valence-corrected chi connectivity index (χ2v) is 9.24. The van der Waals surface area contributed by atoms with E-state index in [-0.39, 0.29) is 24.0 Å². The number of likely N-dealkylation sites (N-methyl/N-ethyl adjacent to an activating group) is 1. The predicted octanol–water partition coefficient (Wildman–Crippen LogP) is 1.67.